The molecule has 2 rings (SSSR count). The maximum atomic E-state index is 13.0. The van der Waals surface area contributed by atoms with E-state index in [2.05, 4.69) is 15.5 Å². The van der Waals surface area contributed by atoms with Crippen LogP contribution in [-0.4, -0.2) is 32.6 Å². The molecule has 0 spiro atoms. The average molecular weight is 290 g/mol. The Morgan fingerprint density at radius 1 is 1.15 bits per heavy atom. The molecule has 0 bridgehead atoms. The number of rotatable bonds is 4. The van der Waals surface area contributed by atoms with Crippen LogP contribution in [0.25, 0.3) is 11.4 Å². The summed E-state index contributed by atoms with van der Waals surface area (Å²) in [7, 11) is 0. The molecule has 0 aliphatic heterocycles. The monoisotopic (exact) mass is 290 g/mol. The minimum atomic E-state index is -4.24. The van der Waals surface area contributed by atoms with Gasteiger partial charge in [-0.2, -0.15) is 8.78 Å². The number of aromatic nitrogens is 4. The van der Waals surface area contributed by atoms with Gasteiger partial charge >= 0.3 is 12.3 Å². The maximum Gasteiger partial charge on any atom is 0.326 e. The van der Waals surface area contributed by atoms with Crippen molar-refractivity contribution in [3.05, 3.63) is 18.2 Å². The second-order valence-electron chi connectivity index (χ2n) is 4.11. The Labute approximate surface area is 110 Å². The summed E-state index contributed by atoms with van der Waals surface area (Å²) in [4.78, 5) is 0. The molecule has 2 aromatic rings. The number of tetrazole rings is 1. The molecule has 0 saturated carbocycles. The largest absolute Gasteiger partial charge is 0.399 e. The molecule has 20 heavy (non-hydrogen) atoms. The molecule has 0 aliphatic rings. The Kier molecular flexibility index (Phi) is 3.47. The van der Waals surface area contributed by atoms with Crippen LogP contribution in [0.2, 0.25) is 0 Å². The van der Waals surface area contributed by atoms with Gasteiger partial charge in [0, 0.05) is 16.9 Å². The van der Waals surface area contributed by atoms with Gasteiger partial charge in [0.15, 0.2) is 5.82 Å². The molecule has 1 aromatic carbocycles. The molecular formula is C10H10F4N6. The number of nitrogens with two attached hydrogens (primary N) is 2. The molecular weight excluding hydrogens is 280 g/mol. The molecule has 10 heteroatoms. The molecule has 0 aliphatic carbocycles. The van der Waals surface area contributed by atoms with E-state index < -0.39 is 18.9 Å². The van der Waals surface area contributed by atoms with Crippen LogP contribution in [-0.2, 0) is 6.54 Å². The van der Waals surface area contributed by atoms with Crippen molar-refractivity contribution in [2.24, 2.45) is 0 Å². The van der Waals surface area contributed by atoms with Gasteiger partial charge in [-0.15, -0.1) is 5.10 Å². The van der Waals surface area contributed by atoms with Crippen LogP contribution in [0.5, 0.6) is 0 Å². The van der Waals surface area contributed by atoms with Crippen molar-refractivity contribution >= 4 is 11.4 Å². The molecule has 0 radical (unpaired) electrons. The van der Waals surface area contributed by atoms with Crippen LogP contribution in [0.3, 0.4) is 0 Å². The molecule has 4 N–H and O–H groups in total. The van der Waals surface area contributed by atoms with Crippen molar-refractivity contribution in [2.75, 3.05) is 11.5 Å². The van der Waals surface area contributed by atoms with Gasteiger partial charge in [-0.25, -0.2) is 13.5 Å². The number of nitrogens with zero attached hydrogens (tertiary/aromatic N) is 4. The number of anilines is 2. The number of nitrogen functional groups attached to an aromatic ring is 2. The van der Waals surface area contributed by atoms with Gasteiger partial charge < -0.3 is 11.5 Å². The third-order valence-electron chi connectivity index (χ3n) is 2.45. The topological polar surface area (TPSA) is 95.6 Å². The van der Waals surface area contributed by atoms with E-state index in [0.717, 1.165) is 0 Å². The van der Waals surface area contributed by atoms with Crippen LogP contribution in [0, 0.1) is 0 Å². The minimum absolute atomic E-state index is 0.121. The first-order valence-corrected chi connectivity index (χ1v) is 5.38. The van der Waals surface area contributed by atoms with Crippen molar-refractivity contribution < 1.29 is 17.6 Å². The normalized spacial score (nSPS) is 12.1. The zero-order valence-corrected chi connectivity index (χ0v) is 9.97. The van der Waals surface area contributed by atoms with E-state index in [9.17, 15) is 17.6 Å². The van der Waals surface area contributed by atoms with Gasteiger partial charge in [0.05, 0.1) is 0 Å². The first-order valence-electron chi connectivity index (χ1n) is 5.38. The van der Waals surface area contributed by atoms with E-state index in [1.165, 1.54) is 18.2 Å². The van der Waals surface area contributed by atoms with E-state index in [4.69, 9.17) is 11.5 Å². The van der Waals surface area contributed by atoms with Gasteiger partial charge in [0.1, 0.15) is 6.54 Å². The zero-order chi connectivity index (χ0) is 14.9. The van der Waals surface area contributed by atoms with Crippen molar-refractivity contribution in [2.45, 2.75) is 18.9 Å². The first-order chi connectivity index (χ1) is 9.29. The summed E-state index contributed by atoms with van der Waals surface area (Å²) < 4.78 is 51.1. The highest BCUT2D eigenvalue weighted by atomic mass is 19.3. The Balaban J connectivity index is 2.38. The van der Waals surface area contributed by atoms with Gasteiger partial charge in [-0.05, 0) is 28.6 Å². The average Bonchev–Trinajstić information content (AvgIpc) is 2.74. The highest BCUT2D eigenvalue weighted by Crippen LogP contribution is 2.28. The summed E-state index contributed by atoms with van der Waals surface area (Å²) >= 11 is 0. The minimum Gasteiger partial charge on any atom is -0.399 e. The quantitative estimate of drug-likeness (QED) is 0.655. The van der Waals surface area contributed by atoms with Crippen LogP contribution < -0.4 is 11.5 Å². The predicted molar refractivity (Wildman–Crippen MR) is 63.0 cm³/mol. The molecule has 0 atom stereocenters. The van der Waals surface area contributed by atoms with E-state index >= 15 is 0 Å². The molecule has 1 aromatic heterocycles. The van der Waals surface area contributed by atoms with Gasteiger partial charge in [0.2, 0.25) is 0 Å². The van der Waals surface area contributed by atoms with Crippen molar-refractivity contribution in [3.63, 3.8) is 0 Å². The van der Waals surface area contributed by atoms with Crippen molar-refractivity contribution in [1.82, 2.24) is 20.2 Å². The summed E-state index contributed by atoms with van der Waals surface area (Å²) in [5.41, 5.74) is 11.9. The summed E-state index contributed by atoms with van der Waals surface area (Å²) in [6.07, 6.45) is -3.81. The fourth-order valence-electron chi connectivity index (χ4n) is 1.59. The predicted octanol–water partition coefficient (Wildman–Crippen LogP) is 1.40. The van der Waals surface area contributed by atoms with E-state index in [1.807, 2.05) is 0 Å². The maximum absolute atomic E-state index is 13.0. The third-order valence-corrected chi connectivity index (χ3v) is 2.45. The van der Waals surface area contributed by atoms with Crippen molar-refractivity contribution in [3.8, 4) is 11.4 Å². The Hall–Kier alpha value is -2.39. The lowest BCUT2D eigenvalue weighted by atomic mass is 10.1. The number of benzene rings is 1. The standard InChI is InChI=1S/C10H10F4N6/c11-9(12)10(13,14)4-20-8(17-18-19-20)5-1-6(15)3-7(16)2-5/h1-3,9H,4,15-16H2. The number of hydrogen-bond donors (Lipinski definition) is 2. The lowest BCUT2D eigenvalue weighted by Gasteiger charge is -2.15. The molecule has 1 heterocycles. The first kappa shape index (κ1) is 14.0. The Morgan fingerprint density at radius 3 is 2.30 bits per heavy atom. The van der Waals surface area contributed by atoms with Gasteiger partial charge in [0.25, 0.3) is 0 Å². The molecule has 0 unspecified atom stereocenters. The summed E-state index contributed by atoms with van der Waals surface area (Å²) in [6.45, 7) is -1.35. The Bertz CT molecular complexity index is 591. The lowest BCUT2D eigenvalue weighted by molar-refractivity contribution is -0.139. The zero-order valence-electron chi connectivity index (χ0n) is 9.97. The Morgan fingerprint density at radius 2 is 1.75 bits per heavy atom. The second kappa shape index (κ2) is 4.94. The molecule has 0 saturated heterocycles. The summed E-state index contributed by atoms with van der Waals surface area (Å²) in [5.74, 6) is -4.36. The fourth-order valence-corrected chi connectivity index (χ4v) is 1.59. The second-order valence-corrected chi connectivity index (χ2v) is 4.11. The number of hydrogen-bond acceptors (Lipinski definition) is 5. The van der Waals surface area contributed by atoms with Gasteiger partial charge in [-0.3, -0.25) is 0 Å². The fraction of sp³-hybridized carbons (Fsp3) is 0.300. The van der Waals surface area contributed by atoms with E-state index in [0.29, 0.717) is 4.68 Å². The molecule has 108 valence electrons. The van der Waals surface area contributed by atoms with Crippen LogP contribution in [0.1, 0.15) is 0 Å². The molecule has 0 fully saturated rings. The number of halogens is 4. The SMILES string of the molecule is Nc1cc(N)cc(-c2nnnn2CC(F)(F)C(F)F)c1. The summed E-state index contributed by atoms with van der Waals surface area (Å²) in [5, 5.41) is 10.0. The highest BCUT2D eigenvalue weighted by molar-refractivity contribution is 5.67. The summed E-state index contributed by atoms with van der Waals surface area (Å²) in [6, 6.07) is 4.25. The third kappa shape index (κ3) is 2.78. The highest BCUT2D eigenvalue weighted by Gasteiger charge is 2.42. The van der Waals surface area contributed by atoms with E-state index in [1.54, 1.807) is 0 Å². The smallest absolute Gasteiger partial charge is 0.326 e. The van der Waals surface area contributed by atoms with Gasteiger partial charge in [-0.1, -0.05) is 0 Å². The van der Waals surface area contributed by atoms with E-state index in [-0.39, 0.29) is 22.8 Å². The molecule has 6 nitrogen and oxygen atoms in total. The van der Waals surface area contributed by atoms with Crippen molar-refractivity contribution in [1.29, 1.82) is 0 Å². The van der Waals surface area contributed by atoms with Crippen LogP contribution in [0.15, 0.2) is 18.2 Å². The van der Waals surface area contributed by atoms with Crippen LogP contribution >= 0.6 is 0 Å². The lowest BCUT2D eigenvalue weighted by Crippen LogP contribution is -2.32. The van der Waals surface area contributed by atoms with Crippen LogP contribution in [0.4, 0.5) is 28.9 Å². The molecule has 0 amide bonds. The number of alkyl halides is 4.